The third kappa shape index (κ3) is 5.30. The minimum absolute atomic E-state index is 0.124. The van der Waals surface area contributed by atoms with Gasteiger partial charge in [0.25, 0.3) is 0 Å². The van der Waals surface area contributed by atoms with Crippen LogP contribution in [0.25, 0.3) is 23.7 Å². The summed E-state index contributed by atoms with van der Waals surface area (Å²) in [5.41, 5.74) is 4.72. The minimum Gasteiger partial charge on any atom is -0.482 e. The van der Waals surface area contributed by atoms with Gasteiger partial charge in [-0.05, 0) is 59.2 Å². The third-order valence-electron chi connectivity index (χ3n) is 5.47. The number of carbonyl (C=O) groups excluding carboxylic acids is 1. The summed E-state index contributed by atoms with van der Waals surface area (Å²) in [6.07, 6.45) is 10.8. The van der Waals surface area contributed by atoms with Crippen LogP contribution in [-0.2, 0) is 22.6 Å². The molecule has 0 bridgehead atoms. The Kier molecular flexibility index (Phi) is 6.38. The number of nitrogens with zero attached hydrogens (tertiary/aromatic N) is 6. The molecule has 0 unspecified atom stereocenters. The van der Waals surface area contributed by atoms with E-state index in [2.05, 4.69) is 29.6 Å². The number of benzene rings is 1. The Morgan fingerprint density at radius 1 is 0.943 bits per heavy atom. The normalized spacial score (nSPS) is 12.5. The molecule has 9 heteroatoms. The quantitative estimate of drug-likeness (QED) is 0.378. The molecule has 5 rings (SSSR count). The fraction of sp³-hybridized carbons (Fsp3) is 0.154. The zero-order valence-electron chi connectivity index (χ0n) is 19.0. The van der Waals surface area contributed by atoms with Crippen molar-refractivity contribution in [1.29, 1.82) is 0 Å². The van der Waals surface area contributed by atoms with E-state index in [0.29, 0.717) is 36.3 Å². The van der Waals surface area contributed by atoms with Crippen molar-refractivity contribution >= 4 is 24.1 Å². The lowest BCUT2D eigenvalue weighted by atomic mass is 10.1. The molecule has 0 N–H and O–H groups in total. The molecule has 4 heterocycles. The number of aromatic nitrogens is 5. The van der Waals surface area contributed by atoms with Crippen molar-refractivity contribution < 1.29 is 14.3 Å². The maximum absolute atomic E-state index is 11.3. The van der Waals surface area contributed by atoms with Crippen molar-refractivity contribution in [3.63, 3.8) is 0 Å². The Labute approximate surface area is 202 Å². The van der Waals surface area contributed by atoms with Gasteiger partial charge in [-0.15, -0.1) is 0 Å². The Morgan fingerprint density at radius 2 is 1.77 bits per heavy atom. The first-order valence-corrected chi connectivity index (χ1v) is 11.0. The SMILES string of the molecule is COC(=O)COc1ccc2c(c1)CN(c1nccc(-c3nccc(/C=C/c4ccncc4)n3)n1)C2. The maximum Gasteiger partial charge on any atom is 0.343 e. The van der Waals surface area contributed by atoms with Gasteiger partial charge in [0.1, 0.15) is 11.4 Å². The molecule has 0 fully saturated rings. The van der Waals surface area contributed by atoms with Gasteiger partial charge < -0.3 is 14.4 Å². The number of pyridine rings is 1. The Bertz CT molecular complexity index is 1380. The van der Waals surface area contributed by atoms with Gasteiger partial charge in [0.15, 0.2) is 12.4 Å². The summed E-state index contributed by atoms with van der Waals surface area (Å²) in [5, 5.41) is 0. The van der Waals surface area contributed by atoms with E-state index in [4.69, 9.17) is 9.72 Å². The van der Waals surface area contributed by atoms with Crippen LogP contribution in [0.15, 0.2) is 67.3 Å². The number of esters is 1. The van der Waals surface area contributed by atoms with Crippen molar-refractivity contribution in [2.24, 2.45) is 0 Å². The summed E-state index contributed by atoms with van der Waals surface area (Å²) in [7, 11) is 1.33. The van der Waals surface area contributed by atoms with E-state index in [1.165, 1.54) is 7.11 Å². The lowest BCUT2D eigenvalue weighted by Gasteiger charge is -2.15. The molecular formula is C26H22N6O3. The molecule has 0 amide bonds. The predicted molar refractivity (Wildman–Crippen MR) is 130 cm³/mol. The number of fused-ring (bicyclic) bond motifs is 1. The van der Waals surface area contributed by atoms with Gasteiger partial charge in [-0.1, -0.05) is 12.1 Å². The summed E-state index contributed by atoms with van der Waals surface area (Å²) in [5.74, 6) is 1.32. The molecule has 0 spiro atoms. The molecule has 9 nitrogen and oxygen atoms in total. The van der Waals surface area contributed by atoms with Gasteiger partial charge in [0, 0.05) is 37.9 Å². The van der Waals surface area contributed by atoms with Crippen LogP contribution < -0.4 is 9.64 Å². The van der Waals surface area contributed by atoms with Gasteiger partial charge in [-0.3, -0.25) is 4.98 Å². The lowest BCUT2D eigenvalue weighted by molar-refractivity contribution is -0.142. The second kappa shape index (κ2) is 10.1. The largest absolute Gasteiger partial charge is 0.482 e. The van der Waals surface area contributed by atoms with Crippen molar-refractivity contribution in [3.8, 4) is 17.3 Å². The van der Waals surface area contributed by atoms with Crippen LogP contribution in [0.2, 0.25) is 0 Å². The first kappa shape index (κ1) is 22.1. The first-order valence-electron chi connectivity index (χ1n) is 11.0. The smallest absolute Gasteiger partial charge is 0.343 e. The summed E-state index contributed by atoms with van der Waals surface area (Å²) >= 11 is 0. The van der Waals surface area contributed by atoms with E-state index in [9.17, 15) is 4.79 Å². The third-order valence-corrected chi connectivity index (χ3v) is 5.47. The van der Waals surface area contributed by atoms with Crippen LogP contribution in [-0.4, -0.2) is 44.6 Å². The van der Waals surface area contributed by atoms with Crippen LogP contribution >= 0.6 is 0 Å². The van der Waals surface area contributed by atoms with Crippen LogP contribution in [0.3, 0.4) is 0 Å². The second-order valence-electron chi connectivity index (χ2n) is 7.81. The van der Waals surface area contributed by atoms with Crippen LogP contribution in [0.1, 0.15) is 22.4 Å². The van der Waals surface area contributed by atoms with Crippen molar-refractivity contribution in [1.82, 2.24) is 24.9 Å². The second-order valence-corrected chi connectivity index (χ2v) is 7.81. The number of ether oxygens (including phenoxy) is 2. The van der Waals surface area contributed by atoms with E-state index in [0.717, 1.165) is 22.4 Å². The van der Waals surface area contributed by atoms with Gasteiger partial charge in [-0.2, -0.15) is 0 Å². The molecule has 1 aliphatic rings. The van der Waals surface area contributed by atoms with Gasteiger partial charge >= 0.3 is 5.97 Å². The first-order chi connectivity index (χ1) is 17.2. The van der Waals surface area contributed by atoms with Crippen LogP contribution in [0.5, 0.6) is 5.75 Å². The average Bonchev–Trinajstić information content (AvgIpc) is 3.35. The summed E-state index contributed by atoms with van der Waals surface area (Å²) in [4.78, 5) is 35.7. The van der Waals surface area contributed by atoms with E-state index in [1.54, 1.807) is 30.9 Å². The van der Waals surface area contributed by atoms with E-state index < -0.39 is 5.97 Å². The highest BCUT2D eigenvalue weighted by molar-refractivity contribution is 5.71. The highest BCUT2D eigenvalue weighted by Gasteiger charge is 2.22. The van der Waals surface area contributed by atoms with Crippen LogP contribution in [0.4, 0.5) is 5.95 Å². The Hall–Kier alpha value is -4.66. The number of hydrogen-bond donors (Lipinski definition) is 0. The number of carbonyl (C=O) groups is 1. The monoisotopic (exact) mass is 466 g/mol. The molecule has 0 atom stereocenters. The van der Waals surface area contributed by atoms with Crippen molar-refractivity contribution in [2.45, 2.75) is 13.1 Å². The summed E-state index contributed by atoms with van der Waals surface area (Å²) < 4.78 is 10.1. The van der Waals surface area contributed by atoms with Crippen molar-refractivity contribution in [2.75, 3.05) is 18.6 Å². The molecule has 3 aromatic heterocycles. The van der Waals surface area contributed by atoms with Crippen LogP contribution in [0, 0.1) is 0 Å². The van der Waals surface area contributed by atoms with E-state index in [1.807, 2.05) is 48.6 Å². The molecule has 0 saturated heterocycles. The fourth-order valence-corrected chi connectivity index (χ4v) is 3.67. The highest BCUT2D eigenvalue weighted by atomic mass is 16.6. The minimum atomic E-state index is -0.420. The number of methoxy groups -OCH3 is 1. The topological polar surface area (TPSA) is 103 Å². The van der Waals surface area contributed by atoms with Gasteiger partial charge in [0.2, 0.25) is 5.95 Å². The van der Waals surface area contributed by atoms with E-state index in [-0.39, 0.29) is 6.61 Å². The lowest BCUT2D eigenvalue weighted by Crippen LogP contribution is -2.17. The van der Waals surface area contributed by atoms with Crippen molar-refractivity contribution in [3.05, 3.63) is 89.6 Å². The fourth-order valence-electron chi connectivity index (χ4n) is 3.67. The number of rotatable bonds is 7. The number of anilines is 1. The van der Waals surface area contributed by atoms with Gasteiger partial charge in [-0.25, -0.2) is 24.7 Å². The van der Waals surface area contributed by atoms with Gasteiger partial charge in [0.05, 0.1) is 12.8 Å². The zero-order chi connectivity index (χ0) is 24.0. The Balaban J connectivity index is 1.31. The summed E-state index contributed by atoms with van der Waals surface area (Å²) in [6, 6.07) is 13.3. The highest BCUT2D eigenvalue weighted by Crippen LogP contribution is 2.29. The average molecular weight is 467 g/mol. The molecule has 1 aliphatic heterocycles. The zero-order valence-corrected chi connectivity index (χ0v) is 19.0. The molecule has 0 saturated carbocycles. The summed E-state index contributed by atoms with van der Waals surface area (Å²) in [6.45, 7) is 1.18. The molecule has 0 aliphatic carbocycles. The van der Waals surface area contributed by atoms with E-state index >= 15 is 0 Å². The molecule has 174 valence electrons. The maximum atomic E-state index is 11.3. The molecular weight excluding hydrogens is 444 g/mol. The molecule has 4 aromatic rings. The molecule has 0 radical (unpaired) electrons. The molecule has 1 aromatic carbocycles. The Morgan fingerprint density at radius 3 is 2.63 bits per heavy atom. The predicted octanol–water partition coefficient (Wildman–Crippen LogP) is 3.57. The number of hydrogen-bond acceptors (Lipinski definition) is 9. The molecule has 35 heavy (non-hydrogen) atoms. The standard InChI is InChI=1S/C26H22N6O3/c1-34-24(33)17-35-22-5-3-19-15-32(16-20(19)14-22)26-29-13-9-23(31-26)25-28-12-8-21(30-25)4-2-18-6-10-27-11-7-18/h2-14H,15-17H2,1H3/b4-2+.